The topological polar surface area (TPSA) is 90.1 Å². The van der Waals surface area contributed by atoms with Gasteiger partial charge in [-0.15, -0.1) is 0 Å². The third-order valence-corrected chi connectivity index (χ3v) is 2.80. The highest BCUT2D eigenvalue weighted by molar-refractivity contribution is 9.10. The van der Waals surface area contributed by atoms with E-state index in [2.05, 4.69) is 26.3 Å². The predicted octanol–water partition coefficient (Wildman–Crippen LogP) is 2.34. The third kappa shape index (κ3) is 2.97. The summed E-state index contributed by atoms with van der Waals surface area (Å²) in [4.78, 5) is 22.1. The Morgan fingerprint density at radius 3 is 2.89 bits per heavy atom. The maximum atomic E-state index is 12.0. The van der Waals surface area contributed by atoms with Crippen LogP contribution in [-0.4, -0.2) is 20.6 Å². The van der Waals surface area contributed by atoms with E-state index >= 15 is 0 Å². The summed E-state index contributed by atoms with van der Waals surface area (Å²) in [6.07, 6.45) is 1.31. The molecule has 0 spiro atoms. The van der Waals surface area contributed by atoms with Crippen molar-refractivity contribution in [3.05, 3.63) is 50.6 Å². The number of benzene rings is 1. The summed E-state index contributed by atoms with van der Waals surface area (Å²) in [6.45, 7) is 0. The van der Waals surface area contributed by atoms with Crippen molar-refractivity contribution in [2.24, 2.45) is 7.05 Å². The Hall–Kier alpha value is -2.22. The van der Waals surface area contributed by atoms with Gasteiger partial charge < -0.3 is 15.4 Å². The van der Waals surface area contributed by atoms with Crippen molar-refractivity contribution in [2.75, 3.05) is 5.32 Å². The molecule has 2 aromatic rings. The monoisotopic (exact) mass is 324 g/mol. The summed E-state index contributed by atoms with van der Waals surface area (Å²) in [5.41, 5.74) is 0.463. The molecular weight excluding hydrogens is 316 g/mol. The average molecular weight is 325 g/mol. The van der Waals surface area contributed by atoms with Crippen LogP contribution in [-0.2, 0) is 7.05 Å². The zero-order valence-corrected chi connectivity index (χ0v) is 11.4. The number of amides is 1. The SMILES string of the molecule is Cn1cc(C(=O)Nc2cccc(Br)c2)c([N+](=O)[O-])n1. The van der Waals surface area contributed by atoms with Crippen LogP contribution in [0, 0.1) is 10.1 Å². The molecule has 1 heterocycles. The lowest BCUT2D eigenvalue weighted by Gasteiger charge is -2.03. The lowest BCUT2D eigenvalue weighted by Crippen LogP contribution is -2.12. The highest BCUT2D eigenvalue weighted by Gasteiger charge is 2.25. The fraction of sp³-hybridized carbons (Fsp3) is 0.0909. The summed E-state index contributed by atoms with van der Waals surface area (Å²) in [7, 11) is 1.52. The van der Waals surface area contributed by atoms with E-state index in [1.165, 1.54) is 17.9 Å². The second-order valence-electron chi connectivity index (χ2n) is 3.76. The van der Waals surface area contributed by atoms with Crippen molar-refractivity contribution >= 4 is 33.3 Å². The Morgan fingerprint density at radius 2 is 2.26 bits per heavy atom. The Morgan fingerprint density at radius 1 is 1.53 bits per heavy atom. The van der Waals surface area contributed by atoms with Crippen molar-refractivity contribution in [1.82, 2.24) is 9.78 Å². The van der Waals surface area contributed by atoms with Crippen molar-refractivity contribution < 1.29 is 9.72 Å². The molecule has 2 rings (SSSR count). The van der Waals surface area contributed by atoms with Crippen LogP contribution in [0.2, 0.25) is 0 Å². The van der Waals surface area contributed by atoms with Crippen molar-refractivity contribution in [2.45, 2.75) is 0 Å². The molecule has 7 nitrogen and oxygen atoms in total. The molecule has 1 aromatic carbocycles. The lowest BCUT2D eigenvalue weighted by molar-refractivity contribution is -0.390. The standard InChI is InChI=1S/C11H9BrN4O3/c1-15-6-9(10(14-15)16(18)19)11(17)13-8-4-2-3-7(12)5-8/h2-6H,1H3,(H,13,17). The van der Waals surface area contributed by atoms with Gasteiger partial charge in [-0.25, -0.2) is 0 Å². The van der Waals surface area contributed by atoms with Gasteiger partial charge in [-0.1, -0.05) is 22.0 Å². The Balaban J connectivity index is 2.28. The van der Waals surface area contributed by atoms with E-state index < -0.39 is 16.6 Å². The van der Waals surface area contributed by atoms with Crippen LogP contribution in [0.15, 0.2) is 34.9 Å². The van der Waals surface area contributed by atoms with Gasteiger partial charge in [-0.3, -0.25) is 4.79 Å². The largest absolute Gasteiger partial charge is 0.402 e. The molecule has 98 valence electrons. The van der Waals surface area contributed by atoms with Gasteiger partial charge in [0.15, 0.2) is 5.56 Å². The predicted molar refractivity (Wildman–Crippen MR) is 72.0 cm³/mol. The Labute approximate surface area is 116 Å². The highest BCUT2D eigenvalue weighted by Crippen LogP contribution is 2.19. The number of halogens is 1. The summed E-state index contributed by atoms with van der Waals surface area (Å²) in [5.74, 6) is -1.03. The lowest BCUT2D eigenvalue weighted by atomic mass is 10.2. The smallest absolute Gasteiger partial charge is 0.358 e. The number of nitro groups is 1. The molecule has 0 aliphatic heterocycles. The highest BCUT2D eigenvalue weighted by atomic mass is 79.9. The number of hydrogen-bond acceptors (Lipinski definition) is 4. The van der Waals surface area contributed by atoms with E-state index in [1.54, 1.807) is 18.2 Å². The first kappa shape index (κ1) is 13.2. The fourth-order valence-electron chi connectivity index (χ4n) is 1.54. The number of carbonyl (C=O) groups is 1. The number of carbonyl (C=O) groups excluding carboxylic acids is 1. The van der Waals surface area contributed by atoms with Crippen LogP contribution in [0.1, 0.15) is 10.4 Å². The Kier molecular flexibility index (Phi) is 3.61. The molecule has 0 aliphatic carbocycles. The number of hydrogen-bond donors (Lipinski definition) is 1. The summed E-state index contributed by atoms with van der Waals surface area (Å²) < 4.78 is 2.03. The van der Waals surface area contributed by atoms with E-state index in [0.29, 0.717) is 5.69 Å². The van der Waals surface area contributed by atoms with Crippen molar-refractivity contribution in [3.8, 4) is 0 Å². The number of anilines is 1. The summed E-state index contributed by atoms with van der Waals surface area (Å²) in [6, 6.07) is 6.94. The first-order chi connectivity index (χ1) is 8.97. The first-order valence-corrected chi connectivity index (χ1v) is 6.01. The number of nitrogens with zero attached hydrogens (tertiary/aromatic N) is 3. The van der Waals surface area contributed by atoms with Gasteiger partial charge in [0.2, 0.25) is 0 Å². The summed E-state index contributed by atoms with van der Waals surface area (Å²) >= 11 is 3.27. The van der Waals surface area contributed by atoms with Gasteiger partial charge in [0, 0.05) is 10.2 Å². The molecule has 0 aliphatic rings. The zero-order valence-electron chi connectivity index (χ0n) is 9.83. The van der Waals surface area contributed by atoms with E-state index in [0.717, 1.165) is 4.47 Å². The van der Waals surface area contributed by atoms with Crippen LogP contribution in [0.25, 0.3) is 0 Å². The van der Waals surface area contributed by atoms with Gasteiger partial charge >= 0.3 is 5.82 Å². The quantitative estimate of drug-likeness (QED) is 0.693. The third-order valence-electron chi connectivity index (χ3n) is 2.31. The molecule has 1 N–H and O–H groups in total. The van der Waals surface area contributed by atoms with Gasteiger partial charge in [0.1, 0.15) is 0 Å². The summed E-state index contributed by atoms with van der Waals surface area (Å²) in [5, 5.41) is 17.0. The zero-order chi connectivity index (χ0) is 14.0. The maximum absolute atomic E-state index is 12.0. The second kappa shape index (κ2) is 5.19. The van der Waals surface area contributed by atoms with Crippen LogP contribution in [0.4, 0.5) is 11.5 Å². The molecule has 0 fully saturated rings. The molecule has 0 saturated heterocycles. The first-order valence-electron chi connectivity index (χ1n) is 5.22. The minimum Gasteiger partial charge on any atom is -0.358 e. The number of aromatic nitrogens is 2. The van der Waals surface area contributed by atoms with E-state index in [-0.39, 0.29) is 5.56 Å². The van der Waals surface area contributed by atoms with Gasteiger partial charge in [-0.2, -0.15) is 4.68 Å². The van der Waals surface area contributed by atoms with E-state index in [1.807, 2.05) is 6.07 Å². The second-order valence-corrected chi connectivity index (χ2v) is 4.68. The molecule has 1 amide bonds. The molecule has 0 radical (unpaired) electrons. The fourth-order valence-corrected chi connectivity index (χ4v) is 1.94. The number of aryl methyl sites for hydroxylation is 1. The molecule has 0 atom stereocenters. The molecule has 0 saturated carbocycles. The van der Waals surface area contributed by atoms with E-state index in [4.69, 9.17) is 0 Å². The molecule has 8 heteroatoms. The molecule has 0 unspecified atom stereocenters. The number of nitrogens with one attached hydrogen (secondary N) is 1. The van der Waals surface area contributed by atoms with Crippen LogP contribution >= 0.6 is 15.9 Å². The minimum absolute atomic E-state index is 0.0764. The molecule has 0 bridgehead atoms. The molecule has 1 aromatic heterocycles. The van der Waals surface area contributed by atoms with Crippen LogP contribution in [0.3, 0.4) is 0 Å². The van der Waals surface area contributed by atoms with Gasteiger partial charge in [0.25, 0.3) is 5.91 Å². The van der Waals surface area contributed by atoms with Gasteiger partial charge in [0.05, 0.1) is 18.3 Å². The molecule has 19 heavy (non-hydrogen) atoms. The van der Waals surface area contributed by atoms with Crippen LogP contribution < -0.4 is 5.32 Å². The van der Waals surface area contributed by atoms with Crippen molar-refractivity contribution in [3.63, 3.8) is 0 Å². The normalized spacial score (nSPS) is 10.2. The van der Waals surface area contributed by atoms with Crippen molar-refractivity contribution in [1.29, 1.82) is 0 Å². The Bertz CT molecular complexity index is 653. The van der Waals surface area contributed by atoms with E-state index in [9.17, 15) is 14.9 Å². The van der Waals surface area contributed by atoms with Gasteiger partial charge in [-0.05, 0) is 23.1 Å². The average Bonchev–Trinajstić information content (AvgIpc) is 2.71. The minimum atomic E-state index is -0.685. The van der Waals surface area contributed by atoms with Crippen LogP contribution in [0.5, 0.6) is 0 Å². The number of rotatable bonds is 3. The molecular formula is C11H9BrN4O3. The maximum Gasteiger partial charge on any atom is 0.402 e.